The number of aromatic nitrogens is 3. The molecule has 0 aliphatic heterocycles. The van der Waals surface area contributed by atoms with Gasteiger partial charge in [-0.2, -0.15) is 0 Å². The zero-order chi connectivity index (χ0) is 27.6. The van der Waals surface area contributed by atoms with E-state index in [4.69, 9.17) is 15.8 Å². The van der Waals surface area contributed by atoms with E-state index in [1.54, 1.807) is 4.52 Å². The summed E-state index contributed by atoms with van der Waals surface area (Å²) in [7, 11) is 0. The maximum Gasteiger partial charge on any atom is 0.263 e. The average Bonchev–Trinajstić information content (AvgIpc) is 3.32. The van der Waals surface area contributed by atoms with Crippen molar-refractivity contribution in [2.24, 2.45) is 0 Å². The molecule has 40 heavy (non-hydrogen) atoms. The second-order valence-corrected chi connectivity index (χ2v) is 10.3. The van der Waals surface area contributed by atoms with Crippen LogP contribution in [0.1, 0.15) is 15.9 Å². The second kappa shape index (κ2) is 10.7. The van der Waals surface area contributed by atoms with Crippen molar-refractivity contribution in [1.82, 2.24) is 14.6 Å². The molecule has 0 unspecified atom stereocenters. The SMILES string of the molecule is Cc1ccc(-c2nc3c(C(=O)Nc4ccccc4)c(Nc4ccccc4)nn3c(-c3ccc(Br)cc3)c2N)cc1. The number of amides is 1. The summed E-state index contributed by atoms with van der Waals surface area (Å²) < 4.78 is 2.59. The number of nitrogen functional groups attached to an aromatic ring is 1. The molecule has 0 radical (unpaired) electrons. The Hall–Kier alpha value is -4.95. The molecule has 0 saturated heterocycles. The molecule has 0 fully saturated rings. The maximum atomic E-state index is 13.9. The summed E-state index contributed by atoms with van der Waals surface area (Å²) in [5.41, 5.74) is 13.5. The van der Waals surface area contributed by atoms with Crippen molar-refractivity contribution >= 4 is 50.4 Å². The number of benzene rings is 4. The standard InChI is InChI=1S/C32H25BrN6O/c1-20-12-14-21(15-13-20)28-27(34)29(22-16-18-23(33)19-17-22)39-31(37-28)26(32(40)36-25-10-6-3-7-11-25)30(38-39)35-24-8-4-2-5-9-24/h2-19H,34H2,1H3,(H,35,38)(H,36,40). The van der Waals surface area contributed by atoms with Gasteiger partial charge in [0.15, 0.2) is 11.5 Å². The topological polar surface area (TPSA) is 97.3 Å². The Kier molecular flexibility index (Phi) is 6.76. The molecule has 1 amide bonds. The molecule has 6 rings (SSSR count). The summed E-state index contributed by atoms with van der Waals surface area (Å²) in [6.07, 6.45) is 0. The largest absolute Gasteiger partial charge is 0.395 e. The average molecular weight is 589 g/mol. The molecular weight excluding hydrogens is 564 g/mol. The highest BCUT2D eigenvalue weighted by molar-refractivity contribution is 9.10. The number of nitrogens with zero attached hydrogens (tertiary/aromatic N) is 3. The van der Waals surface area contributed by atoms with E-state index in [2.05, 4.69) is 26.6 Å². The first-order chi connectivity index (χ1) is 19.5. The first-order valence-corrected chi connectivity index (χ1v) is 13.5. The minimum atomic E-state index is -0.339. The predicted molar refractivity (Wildman–Crippen MR) is 165 cm³/mol. The van der Waals surface area contributed by atoms with Crippen molar-refractivity contribution in [3.05, 3.63) is 125 Å². The van der Waals surface area contributed by atoms with Gasteiger partial charge < -0.3 is 16.4 Å². The Morgan fingerprint density at radius 1 is 0.800 bits per heavy atom. The van der Waals surface area contributed by atoms with E-state index < -0.39 is 0 Å². The number of hydrogen-bond acceptors (Lipinski definition) is 5. The lowest BCUT2D eigenvalue weighted by Gasteiger charge is -2.14. The van der Waals surface area contributed by atoms with Crippen molar-refractivity contribution in [1.29, 1.82) is 0 Å². The summed E-state index contributed by atoms with van der Waals surface area (Å²) in [4.78, 5) is 18.9. The van der Waals surface area contributed by atoms with E-state index in [9.17, 15) is 4.79 Å². The molecule has 0 bridgehead atoms. The van der Waals surface area contributed by atoms with Crippen LogP contribution in [0.2, 0.25) is 0 Å². The van der Waals surface area contributed by atoms with Crippen LogP contribution >= 0.6 is 15.9 Å². The highest BCUT2D eigenvalue weighted by Gasteiger charge is 2.27. The van der Waals surface area contributed by atoms with Gasteiger partial charge in [0.2, 0.25) is 0 Å². The molecule has 0 aliphatic carbocycles. The molecule has 0 spiro atoms. The van der Waals surface area contributed by atoms with Crippen molar-refractivity contribution in [2.75, 3.05) is 16.4 Å². The van der Waals surface area contributed by atoms with Crippen molar-refractivity contribution in [2.45, 2.75) is 6.92 Å². The van der Waals surface area contributed by atoms with Gasteiger partial charge in [-0.3, -0.25) is 4.79 Å². The molecule has 8 heteroatoms. The van der Waals surface area contributed by atoms with Gasteiger partial charge in [0, 0.05) is 27.0 Å². The number of carbonyl (C=O) groups is 1. The van der Waals surface area contributed by atoms with Crippen LogP contribution < -0.4 is 16.4 Å². The van der Waals surface area contributed by atoms with Crippen LogP contribution in [0.4, 0.5) is 22.9 Å². The van der Waals surface area contributed by atoms with E-state index in [0.29, 0.717) is 39.8 Å². The van der Waals surface area contributed by atoms with E-state index in [0.717, 1.165) is 26.9 Å². The third-order valence-electron chi connectivity index (χ3n) is 6.54. The number of fused-ring (bicyclic) bond motifs is 1. The van der Waals surface area contributed by atoms with E-state index in [1.807, 2.05) is 116 Å². The van der Waals surface area contributed by atoms with E-state index >= 15 is 0 Å². The van der Waals surface area contributed by atoms with Gasteiger partial charge in [0.25, 0.3) is 5.91 Å². The van der Waals surface area contributed by atoms with Crippen molar-refractivity contribution < 1.29 is 4.79 Å². The smallest absolute Gasteiger partial charge is 0.263 e. The normalized spacial score (nSPS) is 10.9. The van der Waals surface area contributed by atoms with Gasteiger partial charge >= 0.3 is 0 Å². The van der Waals surface area contributed by atoms with Crippen LogP contribution in [0.25, 0.3) is 28.2 Å². The van der Waals surface area contributed by atoms with Gasteiger partial charge in [-0.15, -0.1) is 5.10 Å². The molecular formula is C32H25BrN6O. The Morgan fingerprint density at radius 3 is 2.05 bits per heavy atom. The number of nitrogens with one attached hydrogen (secondary N) is 2. The van der Waals surface area contributed by atoms with Gasteiger partial charge in [-0.25, -0.2) is 9.50 Å². The first-order valence-electron chi connectivity index (χ1n) is 12.7. The van der Waals surface area contributed by atoms with E-state index in [1.165, 1.54) is 0 Å². The number of halogens is 1. The summed E-state index contributed by atoms with van der Waals surface area (Å²) in [6, 6.07) is 34.7. The highest BCUT2D eigenvalue weighted by Crippen LogP contribution is 2.37. The number of hydrogen-bond donors (Lipinski definition) is 3. The van der Waals surface area contributed by atoms with Gasteiger partial charge in [0.05, 0.1) is 17.1 Å². The van der Waals surface area contributed by atoms with Crippen LogP contribution in [0.3, 0.4) is 0 Å². The van der Waals surface area contributed by atoms with Crippen LogP contribution in [0.15, 0.2) is 114 Å². The second-order valence-electron chi connectivity index (χ2n) is 9.37. The summed E-state index contributed by atoms with van der Waals surface area (Å²) in [5.74, 6) is 0.0273. The van der Waals surface area contributed by atoms with Gasteiger partial charge in [0.1, 0.15) is 5.56 Å². The zero-order valence-corrected chi connectivity index (χ0v) is 23.2. The van der Waals surface area contributed by atoms with Crippen LogP contribution in [-0.2, 0) is 0 Å². The summed E-state index contributed by atoms with van der Waals surface area (Å²) in [5, 5.41) is 11.2. The Bertz CT molecular complexity index is 1820. The predicted octanol–water partition coefficient (Wildman–Crippen LogP) is 7.71. The highest BCUT2D eigenvalue weighted by atomic mass is 79.9. The first kappa shape index (κ1) is 25.3. The quantitative estimate of drug-likeness (QED) is 0.185. The van der Waals surface area contributed by atoms with Crippen LogP contribution in [0, 0.1) is 6.92 Å². The van der Waals surface area contributed by atoms with Crippen LogP contribution in [0.5, 0.6) is 0 Å². The lowest BCUT2D eigenvalue weighted by atomic mass is 10.0. The van der Waals surface area contributed by atoms with E-state index in [-0.39, 0.29) is 5.91 Å². The fourth-order valence-corrected chi connectivity index (χ4v) is 4.81. The monoisotopic (exact) mass is 588 g/mol. The number of carbonyl (C=O) groups excluding carboxylic acids is 1. The molecule has 6 aromatic rings. The molecule has 4 N–H and O–H groups in total. The fraction of sp³-hybridized carbons (Fsp3) is 0.0312. The lowest BCUT2D eigenvalue weighted by molar-refractivity contribution is 0.102. The molecule has 4 aromatic carbocycles. The zero-order valence-electron chi connectivity index (χ0n) is 21.6. The Labute approximate surface area is 239 Å². The molecule has 196 valence electrons. The number of aryl methyl sites for hydroxylation is 1. The Balaban J connectivity index is 1.63. The molecule has 2 heterocycles. The maximum absolute atomic E-state index is 13.9. The third kappa shape index (κ3) is 4.92. The minimum absolute atomic E-state index is 0.305. The molecule has 0 atom stereocenters. The molecule has 7 nitrogen and oxygen atoms in total. The summed E-state index contributed by atoms with van der Waals surface area (Å²) >= 11 is 3.52. The number of para-hydroxylation sites is 2. The van der Waals surface area contributed by atoms with Gasteiger partial charge in [-0.05, 0) is 43.3 Å². The lowest BCUT2D eigenvalue weighted by Crippen LogP contribution is -2.14. The molecule has 0 saturated carbocycles. The Morgan fingerprint density at radius 2 is 1.40 bits per heavy atom. The van der Waals surface area contributed by atoms with Crippen molar-refractivity contribution in [3.8, 4) is 22.5 Å². The number of rotatable bonds is 6. The third-order valence-corrected chi connectivity index (χ3v) is 7.07. The van der Waals surface area contributed by atoms with Crippen LogP contribution in [-0.4, -0.2) is 20.5 Å². The number of nitrogens with two attached hydrogens (primary N) is 1. The van der Waals surface area contributed by atoms with Crippen molar-refractivity contribution in [3.63, 3.8) is 0 Å². The van der Waals surface area contributed by atoms with Gasteiger partial charge in [-0.1, -0.05) is 94.3 Å². The minimum Gasteiger partial charge on any atom is -0.395 e. The fourth-order valence-electron chi connectivity index (χ4n) is 4.55. The molecule has 2 aromatic heterocycles. The molecule has 0 aliphatic rings. The number of anilines is 4. The summed E-state index contributed by atoms with van der Waals surface area (Å²) in [6.45, 7) is 2.03.